The molecule has 14 heteroatoms. The lowest BCUT2D eigenvalue weighted by molar-refractivity contribution is -0.130. The lowest BCUT2D eigenvalue weighted by Gasteiger charge is -2.32. The van der Waals surface area contributed by atoms with Gasteiger partial charge in [0.2, 0.25) is 41.4 Å². The Balaban J connectivity index is -0.000000398. The molecule has 0 aromatic carbocycles. The van der Waals surface area contributed by atoms with Gasteiger partial charge in [-0.25, -0.2) is 0 Å². The molecule has 2 fully saturated rings. The second-order valence-electron chi connectivity index (χ2n) is 43.0. The maximum absolute atomic E-state index is 12.3. The van der Waals surface area contributed by atoms with Gasteiger partial charge < -0.3 is 37.2 Å². The molecule has 0 aliphatic heterocycles. The molecule has 7 N–H and O–H groups in total. The van der Waals surface area contributed by atoms with Crippen molar-refractivity contribution in [1.29, 1.82) is 0 Å². The molecule has 2 aliphatic rings. The molecule has 2 aliphatic carbocycles. The summed E-state index contributed by atoms with van der Waals surface area (Å²) in [7, 11) is 0. The van der Waals surface area contributed by atoms with Crippen LogP contribution >= 0.6 is 0 Å². The highest BCUT2D eigenvalue weighted by atomic mass is 16.2. The Morgan fingerprint density at radius 2 is 0.589 bits per heavy atom. The predicted molar refractivity (Wildman–Crippen MR) is 488 cm³/mol. The van der Waals surface area contributed by atoms with Crippen LogP contribution in [-0.4, -0.2) is 80.1 Å². The van der Waals surface area contributed by atoms with Crippen molar-refractivity contribution >= 4 is 41.4 Å². The molecule has 652 valence electrons. The summed E-state index contributed by atoms with van der Waals surface area (Å²) in [4.78, 5) is 84.5. The molecule has 0 saturated heterocycles. The fourth-order valence-corrected chi connectivity index (χ4v) is 12.3. The normalized spacial score (nSPS) is 15.8. The topological polar surface area (TPSA) is 204 Å². The highest BCUT2D eigenvalue weighted by Crippen LogP contribution is 2.37. The van der Waals surface area contributed by atoms with Crippen LogP contribution in [0.1, 0.15) is 372 Å². The van der Waals surface area contributed by atoms with Gasteiger partial charge in [-0.3, -0.25) is 33.6 Å². The number of amides is 7. The molecule has 7 atom stereocenters. The van der Waals surface area contributed by atoms with Gasteiger partial charge in [0.15, 0.2) is 0 Å². The summed E-state index contributed by atoms with van der Waals surface area (Å²) in [5, 5.41) is 21.4. The summed E-state index contributed by atoms with van der Waals surface area (Å²) >= 11 is 0. The van der Waals surface area contributed by atoms with E-state index in [0.717, 1.165) is 94.5 Å². The zero-order valence-corrected chi connectivity index (χ0v) is 80.0. The molecular formula is C98H183N7O7. The van der Waals surface area contributed by atoms with Gasteiger partial charge >= 0.3 is 0 Å². The number of carbonyl (C=O) groups is 7. The molecule has 0 bridgehead atoms. The lowest BCUT2D eigenvalue weighted by atomic mass is 9.78. The summed E-state index contributed by atoms with van der Waals surface area (Å²) in [5.41, 5.74) is 0.354. The first-order valence-electron chi connectivity index (χ1n) is 42.7. The van der Waals surface area contributed by atoms with E-state index in [2.05, 4.69) is 158 Å². The summed E-state index contributed by atoms with van der Waals surface area (Å²) in [6.07, 6.45) is 40.1. The fraction of sp³-hybridized carbons (Fsp3) is 0.765. The zero-order valence-electron chi connectivity index (χ0n) is 80.0. The van der Waals surface area contributed by atoms with E-state index in [1.54, 1.807) is 0 Å². The Kier molecular flexibility index (Phi) is 56.3. The molecule has 14 nitrogen and oxygen atoms in total. The summed E-state index contributed by atoms with van der Waals surface area (Å²) < 4.78 is 0. The van der Waals surface area contributed by atoms with Crippen LogP contribution in [0.3, 0.4) is 0 Å². The van der Waals surface area contributed by atoms with Crippen molar-refractivity contribution in [3.8, 4) is 0 Å². The molecule has 0 aromatic heterocycles. The van der Waals surface area contributed by atoms with E-state index < -0.39 is 0 Å². The summed E-state index contributed by atoms with van der Waals surface area (Å²) in [6, 6.07) is 0. The quantitative estimate of drug-likeness (QED) is 0.0346. The van der Waals surface area contributed by atoms with Crippen LogP contribution in [0.4, 0.5) is 0 Å². The van der Waals surface area contributed by atoms with Gasteiger partial charge in [-0.05, 0) is 291 Å². The molecule has 2 saturated carbocycles. The SMILES string of the molecule is C/C=C/CC(CC(C)(C)C)C(=O)NC(C)(C)C.C/C=C/CC(CC1CC1)C(=O)NC(C)(C)C.C/C=C/CC(CC1CCCC1)C(=O)NC(C)(C)C.C=C(C)CC(C/C=C/C)C(=O)NC(C)(C)C.C=CCC(C(=O)NC(C)(C)C)C(C)(C)C.C=CCC(C(=O)NC(C)(C)C)C(C)C.C=CCC(CC(C)(C)C)C(=O)NC(C)(C)C. The third-order valence-electron chi connectivity index (χ3n) is 17.5. The van der Waals surface area contributed by atoms with Gasteiger partial charge in [0.05, 0.1) is 0 Å². The van der Waals surface area contributed by atoms with Gasteiger partial charge in [-0.2, -0.15) is 0 Å². The lowest BCUT2D eigenvalue weighted by Crippen LogP contribution is -2.46. The van der Waals surface area contributed by atoms with Gasteiger partial charge in [-0.15, -0.1) is 26.3 Å². The highest BCUT2D eigenvalue weighted by molar-refractivity contribution is 5.82. The minimum Gasteiger partial charge on any atom is -0.351 e. The van der Waals surface area contributed by atoms with Crippen LogP contribution in [0.15, 0.2) is 98.7 Å². The maximum Gasteiger partial charge on any atom is 0.224 e. The smallest absolute Gasteiger partial charge is 0.224 e. The number of carbonyl (C=O) groups excluding carboxylic acids is 7. The van der Waals surface area contributed by atoms with E-state index in [-0.39, 0.29) is 138 Å². The first-order valence-corrected chi connectivity index (χ1v) is 42.7. The molecule has 0 aromatic rings. The summed E-state index contributed by atoms with van der Waals surface area (Å²) in [5.74, 6) is 3.55. The second kappa shape index (κ2) is 54.9. The minimum absolute atomic E-state index is 0.00535. The van der Waals surface area contributed by atoms with Crippen LogP contribution in [0, 0.1) is 75.4 Å². The largest absolute Gasteiger partial charge is 0.351 e. The van der Waals surface area contributed by atoms with E-state index in [9.17, 15) is 33.6 Å². The number of allylic oxidation sites excluding steroid dienone is 12. The van der Waals surface area contributed by atoms with Crippen LogP contribution in [0.2, 0.25) is 0 Å². The van der Waals surface area contributed by atoms with Crippen LogP contribution in [0.25, 0.3) is 0 Å². The third-order valence-corrected chi connectivity index (χ3v) is 17.5. The average Bonchev–Trinajstić information content (AvgIpc) is 1.21. The Hall–Kier alpha value is -5.79. The van der Waals surface area contributed by atoms with Crippen LogP contribution in [-0.2, 0) is 33.6 Å². The Morgan fingerprint density at radius 1 is 0.339 bits per heavy atom. The van der Waals surface area contributed by atoms with Crippen molar-refractivity contribution in [2.24, 2.45) is 75.4 Å². The molecule has 112 heavy (non-hydrogen) atoms. The monoisotopic (exact) mass is 1570 g/mol. The van der Waals surface area contributed by atoms with E-state index in [0.29, 0.717) is 5.92 Å². The van der Waals surface area contributed by atoms with E-state index >= 15 is 0 Å². The molecule has 7 unspecified atom stereocenters. The molecule has 0 radical (unpaired) electrons. The molecule has 0 spiro atoms. The Labute approximate surface area is 693 Å². The fourth-order valence-electron chi connectivity index (χ4n) is 12.3. The van der Waals surface area contributed by atoms with Gasteiger partial charge in [0, 0.05) is 80.2 Å². The van der Waals surface area contributed by atoms with Crippen molar-refractivity contribution < 1.29 is 33.6 Å². The van der Waals surface area contributed by atoms with E-state index in [1.807, 2.05) is 229 Å². The van der Waals surface area contributed by atoms with Crippen molar-refractivity contribution in [2.45, 2.75) is 411 Å². The predicted octanol–water partition coefficient (Wildman–Crippen LogP) is 24.1. The number of rotatable bonds is 30. The Morgan fingerprint density at radius 3 is 0.839 bits per heavy atom. The average molecular weight is 1570 g/mol. The highest BCUT2D eigenvalue weighted by Gasteiger charge is 2.35. The van der Waals surface area contributed by atoms with Crippen molar-refractivity contribution in [2.75, 3.05) is 0 Å². The van der Waals surface area contributed by atoms with Gasteiger partial charge in [0.25, 0.3) is 0 Å². The molecular weight excluding hydrogens is 1390 g/mol. The van der Waals surface area contributed by atoms with Crippen molar-refractivity contribution in [3.05, 3.63) is 98.7 Å². The van der Waals surface area contributed by atoms with Gasteiger partial charge in [0.1, 0.15) is 0 Å². The zero-order chi connectivity index (χ0) is 88.8. The third kappa shape index (κ3) is 72.0. The van der Waals surface area contributed by atoms with E-state index in [1.165, 1.54) is 38.5 Å². The second-order valence-corrected chi connectivity index (χ2v) is 43.0. The standard InChI is InChI=1S/C16H29NO.C15H29NO.C14H25NO.C14H27NO.C14H25NO.C13H25NO.C12H23NO/c1-5-6-11-14(12-13-9-7-8-10-13)15(18)17-16(2,3)4;1-8-9-10-12(11-14(2,3)4)13(17)16-15(5,6)7;1-5-6-7-12(10-11-8-9-11)13(16)15-14(2,3)4;1-8-9-11(10-13(2,3)4)12(16)15-14(5,6)7;1-7-8-9-12(10-11(2)3)13(16)15-14(4,5)6;1-8-9-10(12(2,3)4)11(15)14-13(5,6)7;1-7-8-10(9(2)3)11(14)13-12(4,5)6/h5-6,13-14H,7-12H2,1-4H3,(H,17,18);8-9,12H,10-11H2,1-7H3,(H,16,17);5-6,11-12H,7-10H2,1-4H3,(H,15,16);8,11H,1,9-10H2,2-7H3,(H,15,16);7-8,12H,2,9-10H2,1,3-6H3,(H,15,16);8,10H,1,9H2,2-7H3,(H,14,15);7,9-10H,1,8H2,2-6H3,(H,13,14)/b6-5+;9-8+;6-5+;;8-7+;;. The van der Waals surface area contributed by atoms with Crippen molar-refractivity contribution in [3.63, 3.8) is 0 Å². The number of nitrogens with one attached hydrogen (secondary N) is 7. The van der Waals surface area contributed by atoms with Crippen LogP contribution in [0.5, 0.6) is 0 Å². The number of hydrogen-bond acceptors (Lipinski definition) is 7. The number of hydrogen-bond donors (Lipinski definition) is 7. The Bertz CT molecular complexity index is 2830. The maximum atomic E-state index is 12.3. The van der Waals surface area contributed by atoms with Gasteiger partial charge in [-0.1, -0.05) is 187 Å². The molecule has 2 rings (SSSR count). The minimum atomic E-state index is -0.166. The van der Waals surface area contributed by atoms with Crippen LogP contribution < -0.4 is 37.2 Å². The van der Waals surface area contributed by atoms with E-state index in [4.69, 9.17) is 0 Å². The van der Waals surface area contributed by atoms with Crippen molar-refractivity contribution in [1.82, 2.24) is 37.2 Å². The first kappa shape index (κ1) is 115. The summed E-state index contributed by atoms with van der Waals surface area (Å²) in [6.45, 7) is 90.7. The molecule has 7 amide bonds. The molecule has 0 heterocycles. The first-order chi connectivity index (χ1) is 50.6.